The van der Waals surface area contributed by atoms with Gasteiger partial charge in [-0.25, -0.2) is 0 Å². The summed E-state index contributed by atoms with van der Waals surface area (Å²) in [7, 11) is 2.04. The number of carbonyl (C=O) groups is 1. The number of hydrogen-bond acceptors (Lipinski definition) is 2. The van der Waals surface area contributed by atoms with Crippen molar-refractivity contribution in [3.05, 3.63) is 35.4 Å². The molecule has 116 valence electrons. The highest BCUT2D eigenvalue weighted by atomic mass is 16.4. The lowest BCUT2D eigenvalue weighted by atomic mass is 9.69. The molecular weight excluding hydrogens is 262 g/mol. The van der Waals surface area contributed by atoms with Crippen molar-refractivity contribution in [1.29, 1.82) is 0 Å². The number of aliphatic carboxylic acids is 1. The van der Waals surface area contributed by atoms with E-state index in [2.05, 4.69) is 30.9 Å². The van der Waals surface area contributed by atoms with Crippen LogP contribution in [-0.2, 0) is 11.3 Å². The van der Waals surface area contributed by atoms with E-state index >= 15 is 0 Å². The van der Waals surface area contributed by atoms with E-state index in [0.717, 1.165) is 32.2 Å². The first-order chi connectivity index (χ1) is 9.93. The second kappa shape index (κ2) is 6.61. The number of carboxylic acid groups (broad SMARTS) is 1. The van der Waals surface area contributed by atoms with E-state index in [1.807, 2.05) is 19.2 Å². The van der Waals surface area contributed by atoms with Crippen LogP contribution in [0.3, 0.4) is 0 Å². The molecule has 3 heteroatoms. The summed E-state index contributed by atoms with van der Waals surface area (Å²) < 4.78 is 0. The van der Waals surface area contributed by atoms with Crippen molar-refractivity contribution in [2.75, 3.05) is 13.6 Å². The summed E-state index contributed by atoms with van der Waals surface area (Å²) in [5.41, 5.74) is 1.99. The lowest BCUT2D eigenvalue weighted by Gasteiger charge is -2.39. The van der Waals surface area contributed by atoms with E-state index < -0.39 is 11.4 Å². The minimum Gasteiger partial charge on any atom is -0.481 e. The van der Waals surface area contributed by atoms with Crippen molar-refractivity contribution in [3.8, 4) is 0 Å². The summed E-state index contributed by atoms with van der Waals surface area (Å²) in [4.78, 5) is 14.0. The minimum atomic E-state index is -0.620. The molecular formula is C18H27NO2. The second-order valence-electron chi connectivity index (χ2n) is 6.89. The van der Waals surface area contributed by atoms with Gasteiger partial charge in [-0.05, 0) is 43.9 Å². The Bertz CT molecular complexity index is 500. The summed E-state index contributed by atoms with van der Waals surface area (Å²) in [5, 5.41) is 9.75. The molecule has 1 aliphatic rings. The fourth-order valence-corrected chi connectivity index (χ4v) is 3.72. The third-order valence-electron chi connectivity index (χ3n) is 4.82. The van der Waals surface area contributed by atoms with Crippen LogP contribution in [0.4, 0.5) is 0 Å². The largest absolute Gasteiger partial charge is 0.481 e. The van der Waals surface area contributed by atoms with Gasteiger partial charge in [-0.3, -0.25) is 4.79 Å². The van der Waals surface area contributed by atoms with Crippen molar-refractivity contribution in [1.82, 2.24) is 4.90 Å². The van der Waals surface area contributed by atoms with Crippen LogP contribution in [-0.4, -0.2) is 29.6 Å². The maximum Gasteiger partial charge on any atom is 0.310 e. The molecule has 2 atom stereocenters. The monoisotopic (exact) mass is 289 g/mol. The third kappa shape index (κ3) is 3.85. The van der Waals surface area contributed by atoms with Gasteiger partial charge in [0.1, 0.15) is 0 Å². The number of nitrogens with zero attached hydrogens (tertiary/aromatic N) is 1. The van der Waals surface area contributed by atoms with E-state index in [1.54, 1.807) is 0 Å². The smallest absolute Gasteiger partial charge is 0.310 e. The van der Waals surface area contributed by atoms with Gasteiger partial charge >= 0.3 is 5.97 Å². The average Bonchev–Trinajstić information content (AvgIpc) is 2.41. The predicted molar refractivity (Wildman–Crippen MR) is 85.2 cm³/mol. The molecule has 21 heavy (non-hydrogen) atoms. The van der Waals surface area contributed by atoms with Crippen molar-refractivity contribution < 1.29 is 9.90 Å². The number of hydrogen-bond donors (Lipinski definition) is 1. The Kier molecular flexibility index (Phi) is 5.04. The standard InChI is InChI=1S/C18H27NO2/c1-14-7-6-10-18(11-14,17(20)21)13-19(3)12-16-9-5-4-8-15(16)2/h4-5,8-9,14H,6-7,10-13H2,1-3H3,(H,20,21). The first kappa shape index (κ1) is 16.0. The molecule has 1 N–H and O–H groups in total. The van der Waals surface area contributed by atoms with Gasteiger partial charge in [-0.1, -0.05) is 44.0 Å². The van der Waals surface area contributed by atoms with Gasteiger partial charge < -0.3 is 10.0 Å². The second-order valence-corrected chi connectivity index (χ2v) is 6.89. The maximum absolute atomic E-state index is 11.9. The van der Waals surface area contributed by atoms with Crippen LogP contribution < -0.4 is 0 Å². The van der Waals surface area contributed by atoms with Crippen LogP contribution in [0.1, 0.15) is 43.7 Å². The molecule has 2 rings (SSSR count). The Morgan fingerprint density at radius 1 is 1.43 bits per heavy atom. The molecule has 1 saturated carbocycles. The molecule has 1 aromatic carbocycles. The van der Waals surface area contributed by atoms with Crippen molar-refractivity contribution in [2.24, 2.45) is 11.3 Å². The summed E-state index contributed by atoms with van der Waals surface area (Å²) in [6.07, 6.45) is 3.81. The first-order valence-corrected chi connectivity index (χ1v) is 7.89. The van der Waals surface area contributed by atoms with Crippen LogP contribution in [0, 0.1) is 18.3 Å². The molecule has 1 aliphatic carbocycles. The summed E-state index contributed by atoms with van der Waals surface area (Å²) in [5.74, 6) is -0.104. The molecule has 0 saturated heterocycles. The molecule has 0 bridgehead atoms. The normalized spacial score (nSPS) is 26.0. The lowest BCUT2D eigenvalue weighted by Crippen LogP contribution is -2.44. The fourth-order valence-electron chi connectivity index (χ4n) is 3.72. The predicted octanol–water partition coefficient (Wildman–Crippen LogP) is 3.71. The van der Waals surface area contributed by atoms with E-state index in [1.165, 1.54) is 11.1 Å². The third-order valence-corrected chi connectivity index (χ3v) is 4.82. The Labute approximate surface area is 128 Å². The van der Waals surface area contributed by atoms with E-state index in [-0.39, 0.29) is 0 Å². The van der Waals surface area contributed by atoms with E-state index in [4.69, 9.17) is 0 Å². The molecule has 1 aromatic rings. The SMILES string of the molecule is Cc1ccccc1CN(C)CC1(C(=O)O)CCCC(C)C1. The lowest BCUT2D eigenvalue weighted by molar-refractivity contribution is -0.153. The Morgan fingerprint density at radius 3 is 2.76 bits per heavy atom. The molecule has 2 unspecified atom stereocenters. The first-order valence-electron chi connectivity index (χ1n) is 7.89. The van der Waals surface area contributed by atoms with Crippen LogP contribution in [0.5, 0.6) is 0 Å². The molecule has 3 nitrogen and oxygen atoms in total. The van der Waals surface area contributed by atoms with Crippen LogP contribution in [0.2, 0.25) is 0 Å². The van der Waals surface area contributed by atoms with Gasteiger partial charge in [0.05, 0.1) is 5.41 Å². The average molecular weight is 289 g/mol. The van der Waals surface area contributed by atoms with Crippen molar-refractivity contribution in [2.45, 2.75) is 46.1 Å². The zero-order valence-electron chi connectivity index (χ0n) is 13.4. The Morgan fingerprint density at radius 2 is 2.14 bits per heavy atom. The van der Waals surface area contributed by atoms with Crippen LogP contribution in [0.25, 0.3) is 0 Å². The van der Waals surface area contributed by atoms with Gasteiger partial charge in [0.2, 0.25) is 0 Å². The van der Waals surface area contributed by atoms with Crippen molar-refractivity contribution in [3.63, 3.8) is 0 Å². The van der Waals surface area contributed by atoms with Crippen LogP contribution >= 0.6 is 0 Å². The summed E-state index contributed by atoms with van der Waals surface area (Å²) in [6, 6.07) is 8.33. The number of carboxylic acids is 1. The van der Waals surface area contributed by atoms with Gasteiger partial charge in [0.25, 0.3) is 0 Å². The number of aryl methyl sites for hydroxylation is 1. The summed E-state index contributed by atoms with van der Waals surface area (Å²) >= 11 is 0. The maximum atomic E-state index is 11.9. The minimum absolute atomic E-state index is 0.515. The van der Waals surface area contributed by atoms with Gasteiger partial charge in [0.15, 0.2) is 0 Å². The van der Waals surface area contributed by atoms with E-state index in [9.17, 15) is 9.90 Å². The summed E-state index contributed by atoms with van der Waals surface area (Å²) in [6.45, 7) is 5.74. The molecule has 0 aliphatic heterocycles. The Hall–Kier alpha value is -1.35. The number of rotatable bonds is 5. The molecule has 1 fully saturated rings. The van der Waals surface area contributed by atoms with Gasteiger partial charge in [-0.15, -0.1) is 0 Å². The Balaban J connectivity index is 2.07. The molecule has 0 amide bonds. The number of benzene rings is 1. The topological polar surface area (TPSA) is 40.5 Å². The van der Waals surface area contributed by atoms with E-state index in [0.29, 0.717) is 12.5 Å². The van der Waals surface area contributed by atoms with Crippen LogP contribution in [0.15, 0.2) is 24.3 Å². The molecule has 0 aromatic heterocycles. The highest BCUT2D eigenvalue weighted by molar-refractivity contribution is 5.75. The fraction of sp³-hybridized carbons (Fsp3) is 0.611. The van der Waals surface area contributed by atoms with Crippen molar-refractivity contribution >= 4 is 5.97 Å². The quantitative estimate of drug-likeness (QED) is 0.898. The van der Waals surface area contributed by atoms with Gasteiger partial charge in [-0.2, -0.15) is 0 Å². The zero-order chi connectivity index (χ0) is 15.5. The molecule has 0 heterocycles. The highest BCUT2D eigenvalue weighted by Gasteiger charge is 2.42. The molecule has 0 radical (unpaired) electrons. The molecule has 0 spiro atoms. The van der Waals surface area contributed by atoms with Gasteiger partial charge in [0, 0.05) is 13.1 Å². The zero-order valence-corrected chi connectivity index (χ0v) is 13.4. The highest BCUT2D eigenvalue weighted by Crippen LogP contribution is 2.40.